The maximum Gasteiger partial charge on any atom is 0.249 e. The molecule has 38 heavy (non-hydrogen) atoms. The summed E-state index contributed by atoms with van der Waals surface area (Å²) in [7, 11) is 0. The summed E-state index contributed by atoms with van der Waals surface area (Å²) < 4.78 is 0. The van der Waals surface area contributed by atoms with E-state index >= 15 is 0 Å². The number of anilines is 3. The maximum absolute atomic E-state index is 13.8. The number of hydrogen-bond acceptors (Lipinski definition) is 5. The van der Waals surface area contributed by atoms with Crippen molar-refractivity contribution in [1.29, 1.82) is 0 Å². The number of nitrogens with zero attached hydrogens (tertiary/aromatic N) is 2. The highest BCUT2D eigenvalue weighted by molar-refractivity contribution is 6.01. The first-order chi connectivity index (χ1) is 18.3. The van der Waals surface area contributed by atoms with E-state index in [4.69, 9.17) is 5.73 Å². The quantitative estimate of drug-likeness (QED) is 0.293. The van der Waals surface area contributed by atoms with Gasteiger partial charge in [-0.2, -0.15) is 0 Å². The number of carbonyl (C=O) groups excluding carboxylic acids is 2. The van der Waals surface area contributed by atoms with E-state index in [-0.39, 0.29) is 11.8 Å². The highest BCUT2D eigenvalue weighted by Gasteiger charge is 2.34. The molecule has 1 aromatic heterocycles. The average Bonchev–Trinajstić information content (AvgIpc) is 3.38. The van der Waals surface area contributed by atoms with Gasteiger partial charge in [-0.05, 0) is 55.5 Å². The summed E-state index contributed by atoms with van der Waals surface area (Å²) in [4.78, 5) is 35.7. The molecular weight excluding hydrogens is 476 g/mol. The van der Waals surface area contributed by atoms with Gasteiger partial charge in [0.15, 0.2) is 0 Å². The monoisotopic (exact) mass is 508 g/mol. The van der Waals surface area contributed by atoms with E-state index in [0.717, 1.165) is 33.6 Å². The molecule has 0 saturated carbocycles. The van der Waals surface area contributed by atoms with Crippen LogP contribution in [0.1, 0.15) is 31.4 Å². The fourth-order valence-electron chi connectivity index (χ4n) is 4.66. The summed E-state index contributed by atoms with van der Waals surface area (Å²) in [6.45, 7) is 3.62. The Morgan fingerprint density at radius 1 is 1.11 bits per heavy atom. The van der Waals surface area contributed by atoms with Gasteiger partial charge in [0.25, 0.3) is 0 Å². The second-order valence-corrected chi connectivity index (χ2v) is 10.1. The number of H-pyrrole nitrogens is 1. The van der Waals surface area contributed by atoms with E-state index in [1.165, 1.54) is 0 Å². The van der Waals surface area contributed by atoms with Crippen molar-refractivity contribution >= 4 is 29.1 Å². The zero-order valence-electron chi connectivity index (χ0n) is 21.6. The molecule has 0 saturated heterocycles. The molecule has 0 aliphatic carbocycles. The summed E-state index contributed by atoms with van der Waals surface area (Å²) in [5.41, 5.74) is 10.7. The number of benzene rings is 3. The number of amides is 2. The molecule has 2 amide bonds. The predicted octanol–water partition coefficient (Wildman–Crippen LogP) is 4.52. The van der Waals surface area contributed by atoms with Gasteiger partial charge in [0.2, 0.25) is 17.8 Å². The first-order valence-corrected chi connectivity index (χ1v) is 12.7. The van der Waals surface area contributed by atoms with Gasteiger partial charge in [0.1, 0.15) is 6.04 Å². The summed E-state index contributed by atoms with van der Waals surface area (Å²) in [6, 6.07) is 23.5. The van der Waals surface area contributed by atoms with E-state index < -0.39 is 11.6 Å². The van der Waals surface area contributed by atoms with Crippen molar-refractivity contribution in [3.8, 4) is 11.1 Å². The van der Waals surface area contributed by atoms with Crippen molar-refractivity contribution in [3.05, 3.63) is 96.3 Å². The largest absolute Gasteiger partial charge is 0.343 e. The van der Waals surface area contributed by atoms with Crippen LogP contribution in [-0.2, 0) is 22.6 Å². The lowest BCUT2D eigenvalue weighted by Crippen LogP contribution is -2.56. The van der Waals surface area contributed by atoms with Crippen LogP contribution in [-0.4, -0.2) is 33.4 Å². The molecule has 8 heteroatoms. The normalized spacial score (nSPS) is 15.5. The topological polar surface area (TPSA) is 116 Å². The molecule has 1 aliphatic rings. The van der Waals surface area contributed by atoms with Crippen molar-refractivity contribution < 1.29 is 9.59 Å². The molecule has 5 rings (SSSR count). The first-order valence-electron chi connectivity index (χ1n) is 12.7. The van der Waals surface area contributed by atoms with Crippen molar-refractivity contribution in [2.75, 3.05) is 10.2 Å². The van der Waals surface area contributed by atoms with Gasteiger partial charge in [-0.1, -0.05) is 60.7 Å². The Balaban J connectivity index is 1.50. The molecule has 194 valence electrons. The van der Waals surface area contributed by atoms with Crippen LogP contribution in [0.5, 0.6) is 0 Å². The van der Waals surface area contributed by atoms with Crippen LogP contribution in [0.3, 0.4) is 0 Å². The fourth-order valence-corrected chi connectivity index (χ4v) is 4.66. The smallest absolute Gasteiger partial charge is 0.249 e. The summed E-state index contributed by atoms with van der Waals surface area (Å²) in [6.07, 6.45) is 4.63. The average molecular weight is 509 g/mol. The van der Waals surface area contributed by atoms with E-state index in [1.54, 1.807) is 31.1 Å². The van der Waals surface area contributed by atoms with Gasteiger partial charge in [-0.3, -0.25) is 9.59 Å². The summed E-state index contributed by atoms with van der Waals surface area (Å²) >= 11 is 0. The second-order valence-electron chi connectivity index (χ2n) is 10.1. The van der Waals surface area contributed by atoms with Crippen molar-refractivity contribution in [2.24, 2.45) is 5.73 Å². The van der Waals surface area contributed by atoms with Crippen LogP contribution in [0.15, 0.2) is 85.2 Å². The standard InChI is InChI=1S/C30H32N6O2/c1-30(2,31)28(38)34-24-15-13-22-10-6-7-11-26(22)36(27(24)37)19-20-12-14-23(21-8-4-3-5-9-21)25(18-20)35-29-32-16-17-33-29/h3-12,14,16-18,24H,13,15,19,31H2,1-2H3,(H,34,38)(H2,32,33,35)/t24-/m1/s1. The number of nitrogens with two attached hydrogens (primary N) is 1. The summed E-state index contributed by atoms with van der Waals surface area (Å²) in [5.74, 6) is 0.127. The lowest BCUT2D eigenvalue weighted by molar-refractivity contribution is -0.130. The number of nitrogens with one attached hydrogen (secondary N) is 3. The minimum atomic E-state index is -1.08. The van der Waals surface area contributed by atoms with Crippen LogP contribution in [0.4, 0.5) is 17.3 Å². The molecule has 0 radical (unpaired) electrons. The SMILES string of the molecule is CC(C)(N)C(=O)N[C@@H]1CCc2ccccc2N(Cc2ccc(-c3ccccc3)c(Nc3ncc[nH]3)c2)C1=O. The number of carbonyl (C=O) groups is 2. The highest BCUT2D eigenvalue weighted by Crippen LogP contribution is 2.33. The molecular formula is C30H32N6O2. The zero-order chi connectivity index (χ0) is 26.7. The minimum absolute atomic E-state index is 0.153. The molecule has 0 spiro atoms. The number of rotatable bonds is 7. The van der Waals surface area contributed by atoms with E-state index in [9.17, 15) is 9.59 Å². The van der Waals surface area contributed by atoms with Crippen LogP contribution in [0.25, 0.3) is 11.1 Å². The lowest BCUT2D eigenvalue weighted by Gasteiger charge is -2.28. The Kier molecular flexibility index (Phi) is 6.98. The number of fused-ring (bicyclic) bond motifs is 1. The number of hydrogen-bond donors (Lipinski definition) is 4. The molecule has 0 unspecified atom stereocenters. The van der Waals surface area contributed by atoms with Gasteiger partial charge in [0.05, 0.1) is 12.1 Å². The Bertz CT molecular complexity index is 1430. The van der Waals surface area contributed by atoms with Gasteiger partial charge in [-0.25, -0.2) is 4.98 Å². The van der Waals surface area contributed by atoms with Gasteiger partial charge in [-0.15, -0.1) is 0 Å². The molecule has 2 heterocycles. The molecule has 8 nitrogen and oxygen atoms in total. The van der Waals surface area contributed by atoms with Gasteiger partial charge >= 0.3 is 0 Å². The van der Waals surface area contributed by atoms with Gasteiger partial charge < -0.3 is 26.3 Å². The Morgan fingerprint density at radius 2 is 1.87 bits per heavy atom. The van der Waals surface area contributed by atoms with Crippen molar-refractivity contribution in [3.63, 3.8) is 0 Å². The molecule has 0 fully saturated rings. The van der Waals surface area contributed by atoms with E-state index in [2.05, 4.69) is 38.8 Å². The van der Waals surface area contributed by atoms with E-state index in [1.807, 2.05) is 54.6 Å². The third-order valence-electron chi connectivity index (χ3n) is 6.70. The van der Waals surface area contributed by atoms with Crippen molar-refractivity contribution in [1.82, 2.24) is 15.3 Å². The van der Waals surface area contributed by atoms with Gasteiger partial charge in [0, 0.05) is 29.3 Å². The second kappa shape index (κ2) is 10.5. The molecule has 0 bridgehead atoms. The number of aromatic nitrogens is 2. The van der Waals surface area contributed by atoms with E-state index in [0.29, 0.717) is 25.3 Å². The van der Waals surface area contributed by atoms with Crippen molar-refractivity contribution in [2.45, 2.75) is 44.8 Å². The maximum atomic E-state index is 13.8. The van der Waals surface area contributed by atoms with Crippen LogP contribution < -0.4 is 21.3 Å². The summed E-state index contributed by atoms with van der Waals surface area (Å²) in [5, 5.41) is 6.27. The molecule has 1 aliphatic heterocycles. The van der Waals surface area contributed by atoms with Crippen LogP contribution >= 0.6 is 0 Å². The lowest BCUT2D eigenvalue weighted by atomic mass is 10.0. The molecule has 4 aromatic rings. The predicted molar refractivity (Wildman–Crippen MR) is 150 cm³/mol. The Morgan fingerprint density at radius 3 is 2.61 bits per heavy atom. The zero-order valence-corrected chi connectivity index (χ0v) is 21.6. The number of imidazole rings is 1. The highest BCUT2D eigenvalue weighted by atomic mass is 16.2. The van der Waals surface area contributed by atoms with Crippen LogP contribution in [0, 0.1) is 0 Å². The molecule has 3 aromatic carbocycles. The molecule has 5 N–H and O–H groups in total. The minimum Gasteiger partial charge on any atom is -0.343 e. The number of aryl methyl sites for hydroxylation is 1. The number of aromatic amines is 1. The first kappa shape index (κ1) is 25.2. The third kappa shape index (κ3) is 5.45. The Hall–Kier alpha value is -4.43. The third-order valence-corrected chi connectivity index (χ3v) is 6.70. The van der Waals surface area contributed by atoms with Crippen LogP contribution in [0.2, 0.25) is 0 Å². The fraction of sp³-hybridized carbons (Fsp3) is 0.233. The molecule has 1 atom stereocenters. The Labute approximate surface area is 222 Å². The number of para-hydroxylation sites is 1.